The molecule has 0 nitrogen and oxygen atoms in total. The Labute approximate surface area is 122 Å². The summed E-state index contributed by atoms with van der Waals surface area (Å²) in [5, 5.41) is 1.01. The number of halogens is 1. The van der Waals surface area contributed by atoms with Gasteiger partial charge in [0.1, 0.15) is 5.82 Å². The van der Waals surface area contributed by atoms with Crippen molar-refractivity contribution in [1.29, 1.82) is 0 Å². The zero-order valence-electron chi connectivity index (χ0n) is 12.6. The number of benzene rings is 2. The van der Waals surface area contributed by atoms with Crippen LogP contribution in [0.4, 0.5) is 4.39 Å². The topological polar surface area (TPSA) is 0 Å². The van der Waals surface area contributed by atoms with Gasteiger partial charge in [-0.25, -0.2) is 4.39 Å². The van der Waals surface area contributed by atoms with Gasteiger partial charge in [-0.3, -0.25) is 0 Å². The molecule has 0 saturated carbocycles. The van der Waals surface area contributed by atoms with Crippen LogP contribution in [0, 0.1) is 5.82 Å². The van der Waals surface area contributed by atoms with Crippen LogP contribution in [0.15, 0.2) is 48.5 Å². The van der Waals surface area contributed by atoms with E-state index in [9.17, 15) is 0 Å². The third kappa shape index (κ3) is 2.57. The second-order valence-corrected chi connectivity index (χ2v) is 10.6. The van der Waals surface area contributed by atoms with E-state index in [1.807, 2.05) is 48.5 Å². The zero-order chi connectivity index (χ0) is 14.6. The molecule has 2 aromatic rings. The fourth-order valence-corrected chi connectivity index (χ4v) is 6.80. The van der Waals surface area contributed by atoms with Crippen LogP contribution in [0.3, 0.4) is 0 Å². The summed E-state index contributed by atoms with van der Waals surface area (Å²) in [6.45, 7) is 6.65. The van der Waals surface area contributed by atoms with Crippen molar-refractivity contribution in [2.45, 2.75) is 38.9 Å². The molecule has 0 aliphatic heterocycles. The van der Waals surface area contributed by atoms with E-state index in [0.29, 0.717) is 0 Å². The van der Waals surface area contributed by atoms with Gasteiger partial charge >= 0.3 is 0 Å². The summed E-state index contributed by atoms with van der Waals surface area (Å²) < 4.78 is 15.0. The minimum atomic E-state index is -1.68. The van der Waals surface area contributed by atoms with Crippen molar-refractivity contribution in [3.05, 3.63) is 54.3 Å². The molecule has 0 heterocycles. The highest BCUT2D eigenvalue weighted by Gasteiger charge is 2.32. The van der Waals surface area contributed by atoms with Crippen LogP contribution in [0.2, 0.25) is 18.1 Å². The van der Waals surface area contributed by atoms with Crippen molar-refractivity contribution in [2.24, 2.45) is 0 Å². The van der Waals surface area contributed by atoms with Crippen LogP contribution in [0.25, 0.3) is 11.1 Å². The maximum Gasteiger partial charge on any atom is 0.130 e. The lowest BCUT2D eigenvalue weighted by Crippen LogP contribution is -2.47. The van der Waals surface area contributed by atoms with Crippen LogP contribution in [0.1, 0.15) is 20.8 Å². The summed E-state index contributed by atoms with van der Waals surface area (Å²) in [4.78, 5) is 0. The average molecular weight is 286 g/mol. The van der Waals surface area contributed by atoms with Crippen molar-refractivity contribution in [1.82, 2.24) is 0 Å². The Morgan fingerprint density at radius 3 is 1.95 bits per heavy atom. The summed E-state index contributed by atoms with van der Waals surface area (Å²) in [5.41, 5.74) is 1.72. The van der Waals surface area contributed by atoms with E-state index in [1.54, 1.807) is 0 Å². The van der Waals surface area contributed by atoms with Crippen molar-refractivity contribution >= 4 is 13.3 Å². The maximum absolute atomic E-state index is 15.0. The highest BCUT2D eigenvalue weighted by atomic mass is 28.3. The number of hydrogen-bond acceptors (Lipinski definition) is 0. The zero-order valence-corrected chi connectivity index (χ0v) is 13.6. The van der Waals surface area contributed by atoms with Gasteiger partial charge in [-0.1, -0.05) is 87.4 Å². The Hall–Kier alpha value is -1.41. The lowest BCUT2D eigenvalue weighted by Gasteiger charge is -2.29. The summed E-state index contributed by atoms with van der Waals surface area (Å²) in [7, 11) is -1.68. The molecule has 0 bridgehead atoms. The summed E-state index contributed by atoms with van der Waals surface area (Å²) in [6.07, 6.45) is 0. The smallest absolute Gasteiger partial charge is 0.130 e. The fraction of sp³-hybridized carbons (Fsp3) is 0.333. The fourth-order valence-electron chi connectivity index (χ4n) is 3.10. The molecular formula is C18H23FSi. The van der Waals surface area contributed by atoms with E-state index in [4.69, 9.17) is 0 Å². The molecule has 0 aliphatic rings. The van der Waals surface area contributed by atoms with Gasteiger partial charge in [-0.15, -0.1) is 0 Å². The van der Waals surface area contributed by atoms with Gasteiger partial charge in [0, 0.05) is 5.56 Å². The SMILES string of the molecule is CC[Si](CC)(CC)c1cccc(-c2ccccc2)c1F. The van der Waals surface area contributed by atoms with Crippen LogP contribution in [0.5, 0.6) is 0 Å². The largest absolute Gasteiger partial charge is 0.206 e. The van der Waals surface area contributed by atoms with Gasteiger partial charge in [-0.2, -0.15) is 0 Å². The van der Waals surface area contributed by atoms with Gasteiger partial charge in [0.2, 0.25) is 0 Å². The summed E-state index contributed by atoms with van der Waals surface area (Å²) in [6, 6.07) is 19.1. The third-order valence-electron chi connectivity index (χ3n) is 4.69. The van der Waals surface area contributed by atoms with Gasteiger partial charge < -0.3 is 0 Å². The Balaban J connectivity index is 2.58. The van der Waals surface area contributed by atoms with Gasteiger partial charge in [-0.05, 0) is 10.8 Å². The van der Waals surface area contributed by atoms with E-state index in [-0.39, 0.29) is 5.82 Å². The first-order valence-corrected chi connectivity index (χ1v) is 10.1. The first-order chi connectivity index (χ1) is 9.68. The Morgan fingerprint density at radius 2 is 1.40 bits per heavy atom. The monoisotopic (exact) mass is 286 g/mol. The first-order valence-electron chi connectivity index (χ1n) is 7.53. The van der Waals surface area contributed by atoms with E-state index in [2.05, 4.69) is 20.8 Å². The molecule has 20 heavy (non-hydrogen) atoms. The predicted octanol–water partition coefficient (Wildman–Crippen LogP) is 5.21. The minimum absolute atomic E-state index is 0.0101. The van der Waals surface area contributed by atoms with Crippen LogP contribution >= 0.6 is 0 Å². The molecule has 0 fully saturated rings. The van der Waals surface area contributed by atoms with Crippen molar-refractivity contribution in [3.8, 4) is 11.1 Å². The Bertz CT molecular complexity index is 551. The van der Waals surface area contributed by atoms with Crippen LogP contribution in [-0.4, -0.2) is 8.07 Å². The average Bonchev–Trinajstić information content (AvgIpc) is 2.52. The molecule has 0 N–H and O–H groups in total. The van der Waals surface area contributed by atoms with Crippen LogP contribution in [-0.2, 0) is 0 Å². The highest BCUT2D eigenvalue weighted by molar-refractivity contribution is 6.91. The normalized spacial score (nSPS) is 11.6. The molecule has 0 aromatic heterocycles. The van der Waals surface area contributed by atoms with Crippen molar-refractivity contribution in [2.75, 3.05) is 0 Å². The molecule has 0 amide bonds. The molecule has 0 spiro atoms. The number of rotatable bonds is 5. The molecule has 0 radical (unpaired) electrons. The highest BCUT2D eigenvalue weighted by Crippen LogP contribution is 2.27. The van der Waals surface area contributed by atoms with E-state index < -0.39 is 8.07 Å². The molecule has 0 atom stereocenters. The second kappa shape index (κ2) is 6.36. The third-order valence-corrected chi connectivity index (χ3v) is 10.3. The summed E-state index contributed by atoms with van der Waals surface area (Å²) >= 11 is 0. The van der Waals surface area contributed by atoms with Crippen molar-refractivity contribution < 1.29 is 4.39 Å². The quantitative estimate of drug-likeness (QED) is 0.662. The predicted molar refractivity (Wildman–Crippen MR) is 88.7 cm³/mol. The van der Waals surface area contributed by atoms with E-state index in [0.717, 1.165) is 34.4 Å². The van der Waals surface area contributed by atoms with Gasteiger partial charge in [0.05, 0.1) is 8.07 Å². The van der Waals surface area contributed by atoms with E-state index >= 15 is 4.39 Å². The molecule has 2 aromatic carbocycles. The second-order valence-electron chi connectivity index (χ2n) is 5.37. The Morgan fingerprint density at radius 1 is 0.800 bits per heavy atom. The molecule has 2 rings (SSSR count). The number of hydrogen-bond donors (Lipinski definition) is 0. The standard InChI is InChI=1S/C18H23FSi/c1-4-20(5-2,6-3)17-14-10-13-16(18(17)19)15-11-8-7-9-12-15/h7-14H,4-6H2,1-3H3. The lowest BCUT2D eigenvalue weighted by atomic mass is 10.1. The van der Waals surface area contributed by atoms with Gasteiger partial charge in [0.15, 0.2) is 0 Å². The van der Waals surface area contributed by atoms with E-state index in [1.165, 1.54) is 0 Å². The molecular weight excluding hydrogens is 263 g/mol. The molecule has 0 unspecified atom stereocenters. The molecule has 106 valence electrons. The molecule has 0 saturated heterocycles. The van der Waals surface area contributed by atoms with Crippen LogP contribution < -0.4 is 5.19 Å². The maximum atomic E-state index is 15.0. The lowest BCUT2D eigenvalue weighted by molar-refractivity contribution is 0.638. The Kier molecular flexibility index (Phi) is 4.76. The molecule has 2 heteroatoms. The minimum Gasteiger partial charge on any atom is -0.206 e. The molecule has 0 aliphatic carbocycles. The summed E-state index contributed by atoms with van der Waals surface area (Å²) in [5.74, 6) is 0.0101. The van der Waals surface area contributed by atoms with Gasteiger partial charge in [0.25, 0.3) is 0 Å². The first kappa shape index (κ1) is 15.0. The van der Waals surface area contributed by atoms with Crippen molar-refractivity contribution in [3.63, 3.8) is 0 Å².